The summed E-state index contributed by atoms with van der Waals surface area (Å²) in [6.45, 7) is 0. The lowest BCUT2D eigenvalue weighted by molar-refractivity contribution is -0.117. The number of anilines is 1. The summed E-state index contributed by atoms with van der Waals surface area (Å²) in [5.74, 6) is 0.419. The fraction of sp³-hybridized carbons (Fsp3) is 0.167. The zero-order chi connectivity index (χ0) is 13.0. The number of rotatable bonds is 4. The molecule has 0 radical (unpaired) electrons. The van der Waals surface area contributed by atoms with Crippen LogP contribution >= 0.6 is 0 Å². The monoisotopic (exact) mass is 246 g/mol. The lowest BCUT2D eigenvalue weighted by atomic mass is 10.1. The van der Waals surface area contributed by atoms with Gasteiger partial charge >= 0.3 is 0 Å². The molecule has 6 nitrogen and oxygen atoms in total. The van der Waals surface area contributed by atoms with Crippen molar-refractivity contribution in [1.29, 1.82) is 0 Å². The van der Waals surface area contributed by atoms with Crippen LogP contribution < -0.4 is 11.1 Å². The molecule has 0 aliphatic rings. The molecule has 1 aromatic heterocycles. The second-order valence-electron chi connectivity index (χ2n) is 3.94. The number of aromatic amines is 1. The van der Waals surface area contributed by atoms with Crippen molar-refractivity contribution in [2.75, 3.05) is 5.32 Å². The fourth-order valence-electron chi connectivity index (χ4n) is 1.53. The Hall–Kier alpha value is -2.34. The minimum Gasteiger partial charge on any atom is -0.508 e. The molecule has 0 fully saturated rings. The Morgan fingerprint density at radius 1 is 1.39 bits per heavy atom. The highest BCUT2D eigenvalue weighted by Gasteiger charge is 2.14. The van der Waals surface area contributed by atoms with Crippen molar-refractivity contribution >= 4 is 11.7 Å². The van der Waals surface area contributed by atoms with Gasteiger partial charge in [0.1, 0.15) is 11.6 Å². The van der Waals surface area contributed by atoms with Crippen molar-refractivity contribution < 1.29 is 9.90 Å². The Labute approximate surface area is 104 Å². The number of phenols is 1. The molecular formula is C12H14N4O2. The molecule has 0 aliphatic heterocycles. The summed E-state index contributed by atoms with van der Waals surface area (Å²) >= 11 is 0. The van der Waals surface area contributed by atoms with Crippen molar-refractivity contribution in [3.8, 4) is 5.75 Å². The van der Waals surface area contributed by atoms with Crippen LogP contribution in [0.3, 0.4) is 0 Å². The molecule has 0 saturated carbocycles. The molecule has 2 rings (SSSR count). The number of hydrogen-bond acceptors (Lipinski definition) is 4. The quantitative estimate of drug-likeness (QED) is 0.635. The number of carbonyl (C=O) groups excluding carboxylic acids is 1. The topological polar surface area (TPSA) is 104 Å². The van der Waals surface area contributed by atoms with Crippen molar-refractivity contribution in [3.05, 3.63) is 42.1 Å². The van der Waals surface area contributed by atoms with E-state index in [1.807, 2.05) is 0 Å². The second-order valence-corrected chi connectivity index (χ2v) is 3.94. The zero-order valence-electron chi connectivity index (χ0n) is 9.63. The molecule has 1 aromatic carbocycles. The van der Waals surface area contributed by atoms with Crippen LogP contribution in [0.5, 0.6) is 5.75 Å². The standard InChI is InChI=1S/C12H14N4O2/c13-10(7-8-1-3-9(17)4-2-8)12(18)15-11-5-6-14-16-11/h1-6,10,17H,7,13H2,(H2,14,15,16,18)/t10-/m1/s1. The first-order valence-electron chi connectivity index (χ1n) is 5.49. The molecule has 1 heterocycles. The van der Waals surface area contributed by atoms with Crippen molar-refractivity contribution in [3.63, 3.8) is 0 Å². The first-order chi connectivity index (χ1) is 8.65. The Balaban J connectivity index is 1.93. The van der Waals surface area contributed by atoms with Crippen LogP contribution in [0.4, 0.5) is 5.82 Å². The smallest absolute Gasteiger partial charge is 0.242 e. The van der Waals surface area contributed by atoms with E-state index in [4.69, 9.17) is 10.8 Å². The van der Waals surface area contributed by atoms with Crippen molar-refractivity contribution in [2.45, 2.75) is 12.5 Å². The fourth-order valence-corrected chi connectivity index (χ4v) is 1.53. The van der Waals surface area contributed by atoms with Crippen LogP contribution in [0.15, 0.2) is 36.5 Å². The maximum absolute atomic E-state index is 11.7. The van der Waals surface area contributed by atoms with E-state index in [1.54, 1.807) is 36.5 Å². The molecule has 5 N–H and O–H groups in total. The number of aromatic hydroxyl groups is 1. The summed E-state index contributed by atoms with van der Waals surface area (Å²) in [5.41, 5.74) is 6.68. The number of benzene rings is 1. The third-order valence-corrected chi connectivity index (χ3v) is 2.49. The predicted octanol–water partition coefficient (Wildman–Crippen LogP) is 0.624. The minimum absolute atomic E-state index is 0.189. The van der Waals surface area contributed by atoms with E-state index in [0.29, 0.717) is 12.2 Å². The highest BCUT2D eigenvalue weighted by atomic mass is 16.3. The Kier molecular flexibility index (Phi) is 3.59. The van der Waals surface area contributed by atoms with Gasteiger partial charge in [0.15, 0.2) is 0 Å². The van der Waals surface area contributed by atoms with Gasteiger partial charge in [0.2, 0.25) is 5.91 Å². The van der Waals surface area contributed by atoms with Gasteiger partial charge in [0.05, 0.1) is 12.2 Å². The maximum atomic E-state index is 11.7. The van der Waals surface area contributed by atoms with Gasteiger partial charge in [-0.25, -0.2) is 0 Å². The first kappa shape index (κ1) is 12.1. The van der Waals surface area contributed by atoms with E-state index in [1.165, 1.54) is 0 Å². The van der Waals surface area contributed by atoms with Gasteiger partial charge in [0.25, 0.3) is 0 Å². The predicted molar refractivity (Wildman–Crippen MR) is 67.0 cm³/mol. The van der Waals surface area contributed by atoms with Gasteiger partial charge in [-0.2, -0.15) is 5.10 Å². The average Bonchev–Trinajstić information content (AvgIpc) is 2.85. The lowest BCUT2D eigenvalue weighted by Crippen LogP contribution is -2.37. The number of carbonyl (C=O) groups is 1. The molecule has 1 amide bonds. The second kappa shape index (κ2) is 5.33. The summed E-state index contributed by atoms with van der Waals surface area (Å²) in [6.07, 6.45) is 1.95. The van der Waals surface area contributed by atoms with Gasteiger partial charge in [0, 0.05) is 6.07 Å². The number of amides is 1. The van der Waals surface area contributed by atoms with Crippen molar-refractivity contribution in [2.24, 2.45) is 5.73 Å². The molecular weight excluding hydrogens is 232 g/mol. The Morgan fingerprint density at radius 2 is 2.11 bits per heavy atom. The van der Waals surface area contributed by atoms with Gasteiger partial charge in [-0.15, -0.1) is 0 Å². The number of nitrogens with zero attached hydrogens (tertiary/aromatic N) is 1. The minimum atomic E-state index is -0.655. The molecule has 6 heteroatoms. The molecule has 18 heavy (non-hydrogen) atoms. The van der Waals surface area contributed by atoms with Crippen LogP contribution in [-0.2, 0) is 11.2 Å². The number of nitrogens with two attached hydrogens (primary N) is 1. The maximum Gasteiger partial charge on any atom is 0.242 e. The van der Waals surface area contributed by atoms with Crippen molar-refractivity contribution in [1.82, 2.24) is 10.2 Å². The number of H-pyrrole nitrogens is 1. The highest BCUT2D eigenvalue weighted by molar-refractivity contribution is 5.93. The lowest BCUT2D eigenvalue weighted by Gasteiger charge is -2.11. The molecule has 0 unspecified atom stereocenters. The van der Waals surface area contributed by atoms with Gasteiger partial charge in [-0.3, -0.25) is 9.89 Å². The third kappa shape index (κ3) is 3.08. The van der Waals surface area contributed by atoms with Crippen LogP contribution in [-0.4, -0.2) is 27.3 Å². The van der Waals surface area contributed by atoms with Crippen LogP contribution in [0.2, 0.25) is 0 Å². The van der Waals surface area contributed by atoms with E-state index in [0.717, 1.165) is 5.56 Å². The molecule has 0 bridgehead atoms. The number of nitrogens with one attached hydrogen (secondary N) is 2. The van der Waals surface area contributed by atoms with Gasteiger partial charge < -0.3 is 16.2 Å². The highest BCUT2D eigenvalue weighted by Crippen LogP contribution is 2.11. The summed E-state index contributed by atoms with van der Waals surface area (Å²) in [6, 6.07) is 7.59. The molecule has 2 aromatic rings. The van der Waals surface area contributed by atoms with Crippen LogP contribution in [0.1, 0.15) is 5.56 Å². The molecule has 0 saturated heterocycles. The van der Waals surface area contributed by atoms with E-state index in [9.17, 15) is 4.79 Å². The molecule has 94 valence electrons. The molecule has 0 aliphatic carbocycles. The number of phenolic OH excluding ortho intramolecular Hbond substituents is 1. The molecule has 0 spiro atoms. The third-order valence-electron chi connectivity index (χ3n) is 2.49. The van der Waals surface area contributed by atoms with Crippen LogP contribution in [0.25, 0.3) is 0 Å². The van der Waals surface area contributed by atoms with E-state index >= 15 is 0 Å². The van der Waals surface area contributed by atoms with E-state index in [2.05, 4.69) is 15.5 Å². The summed E-state index contributed by atoms with van der Waals surface area (Å²) in [7, 11) is 0. The first-order valence-corrected chi connectivity index (χ1v) is 5.49. The largest absolute Gasteiger partial charge is 0.508 e. The van der Waals surface area contributed by atoms with Gasteiger partial charge in [-0.1, -0.05) is 12.1 Å². The van der Waals surface area contributed by atoms with E-state index in [-0.39, 0.29) is 11.7 Å². The normalized spacial score (nSPS) is 12.1. The van der Waals surface area contributed by atoms with Gasteiger partial charge in [-0.05, 0) is 24.1 Å². The zero-order valence-corrected chi connectivity index (χ0v) is 9.63. The Morgan fingerprint density at radius 3 is 2.72 bits per heavy atom. The molecule has 1 atom stereocenters. The summed E-state index contributed by atoms with van der Waals surface area (Å²) in [5, 5.41) is 18.1. The SMILES string of the molecule is N[C@H](Cc1ccc(O)cc1)C(=O)Nc1ccn[nH]1. The summed E-state index contributed by atoms with van der Waals surface area (Å²) < 4.78 is 0. The number of hydrogen-bond donors (Lipinski definition) is 4. The summed E-state index contributed by atoms with van der Waals surface area (Å²) in [4.78, 5) is 11.7. The Bertz CT molecular complexity index is 507. The number of aromatic nitrogens is 2. The van der Waals surface area contributed by atoms with Crippen LogP contribution in [0, 0.1) is 0 Å². The van der Waals surface area contributed by atoms with E-state index < -0.39 is 6.04 Å². The average molecular weight is 246 g/mol.